The van der Waals surface area contributed by atoms with Gasteiger partial charge in [0.05, 0.1) is 12.7 Å². The van der Waals surface area contributed by atoms with Crippen LogP contribution in [0, 0.1) is 0 Å². The smallest absolute Gasteiger partial charge is 0.257 e. The van der Waals surface area contributed by atoms with Crippen LogP contribution < -0.4 is 4.74 Å². The lowest BCUT2D eigenvalue weighted by atomic mass is 10.1. The largest absolute Gasteiger partial charge is 0.496 e. The molecule has 1 amide bonds. The molecule has 3 rings (SSSR count). The van der Waals surface area contributed by atoms with Gasteiger partial charge in [-0.2, -0.15) is 0 Å². The Morgan fingerprint density at radius 3 is 2.37 bits per heavy atom. The molecular formula is C22H29N3O2. The van der Waals surface area contributed by atoms with Crippen LogP contribution in [0.25, 0.3) is 0 Å². The Morgan fingerprint density at radius 2 is 1.67 bits per heavy atom. The number of hydrogen-bond donors (Lipinski definition) is 0. The SMILES string of the molecule is COc1ccccc1C(=O)N(CCN1CCN(C)CC1)Cc1ccccc1. The average Bonchev–Trinajstić information content (AvgIpc) is 2.72. The number of nitrogens with zero attached hydrogens (tertiary/aromatic N) is 3. The summed E-state index contributed by atoms with van der Waals surface area (Å²) >= 11 is 0. The first-order valence-corrected chi connectivity index (χ1v) is 9.54. The molecular weight excluding hydrogens is 338 g/mol. The van der Waals surface area contributed by atoms with Gasteiger partial charge < -0.3 is 14.5 Å². The topological polar surface area (TPSA) is 36.0 Å². The lowest BCUT2D eigenvalue weighted by Gasteiger charge is -2.34. The Bertz CT molecular complexity index is 727. The molecule has 1 heterocycles. The van der Waals surface area contributed by atoms with E-state index in [9.17, 15) is 4.79 Å². The average molecular weight is 367 g/mol. The number of methoxy groups -OCH3 is 1. The molecule has 0 saturated carbocycles. The van der Waals surface area contributed by atoms with Crippen molar-refractivity contribution in [2.24, 2.45) is 0 Å². The molecule has 2 aromatic rings. The third-order valence-corrected chi connectivity index (χ3v) is 5.12. The molecule has 0 N–H and O–H groups in total. The predicted molar refractivity (Wildman–Crippen MR) is 108 cm³/mol. The molecule has 1 saturated heterocycles. The third-order valence-electron chi connectivity index (χ3n) is 5.12. The number of hydrogen-bond acceptors (Lipinski definition) is 4. The minimum atomic E-state index is 0.0189. The van der Waals surface area contributed by atoms with Crippen molar-refractivity contribution in [3.63, 3.8) is 0 Å². The number of para-hydroxylation sites is 1. The highest BCUT2D eigenvalue weighted by Gasteiger charge is 2.21. The lowest BCUT2D eigenvalue weighted by Crippen LogP contribution is -2.47. The van der Waals surface area contributed by atoms with Gasteiger partial charge in [-0.1, -0.05) is 42.5 Å². The zero-order valence-electron chi connectivity index (χ0n) is 16.3. The molecule has 2 aromatic carbocycles. The molecule has 144 valence electrons. The van der Waals surface area contributed by atoms with E-state index in [1.165, 1.54) is 0 Å². The highest BCUT2D eigenvalue weighted by molar-refractivity contribution is 5.96. The van der Waals surface area contributed by atoms with E-state index >= 15 is 0 Å². The number of ether oxygens (including phenoxy) is 1. The van der Waals surface area contributed by atoms with Gasteiger partial charge in [-0.3, -0.25) is 9.69 Å². The Kier molecular flexibility index (Phi) is 6.85. The predicted octanol–water partition coefficient (Wildman–Crippen LogP) is 2.58. The van der Waals surface area contributed by atoms with E-state index in [0.29, 0.717) is 24.4 Å². The second-order valence-corrected chi connectivity index (χ2v) is 7.06. The van der Waals surface area contributed by atoms with E-state index in [-0.39, 0.29) is 5.91 Å². The van der Waals surface area contributed by atoms with Gasteiger partial charge >= 0.3 is 0 Å². The number of piperazine rings is 1. The first-order chi connectivity index (χ1) is 13.2. The second kappa shape index (κ2) is 9.53. The minimum absolute atomic E-state index is 0.0189. The number of likely N-dealkylation sites (N-methyl/N-ethyl adjacent to an activating group) is 1. The minimum Gasteiger partial charge on any atom is -0.496 e. The Labute approximate surface area is 162 Å². The van der Waals surface area contributed by atoms with Crippen molar-refractivity contribution in [3.8, 4) is 5.75 Å². The summed E-state index contributed by atoms with van der Waals surface area (Å²) in [5.74, 6) is 0.644. The van der Waals surface area contributed by atoms with Gasteiger partial charge in [0.15, 0.2) is 0 Å². The van der Waals surface area contributed by atoms with Crippen LogP contribution in [0.4, 0.5) is 0 Å². The molecule has 5 nitrogen and oxygen atoms in total. The monoisotopic (exact) mass is 367 g/mol. The fraction of sp³-hybridized carbons (Fsp3) is 0.409. The van der Waals surface area contributed by atoms with Crippen molar-refractivity contribution >= 4 is 5.91 Å². The summed E-state index contributed by atoms with van der Waals surface area (Å²) in [5.41, 5.74) is 1.76. The number of benzene rings is 2. The van der Waals surface area contributed by atoms with Crippen LogP contribution in [-0.4, -0.2) is 74.0 Å². The maximum atomic E-state index is 13.3. The molecule has 0 bridgehead atoms. The first kappa shape index (κ1) is 19.4. The second-order valence-electron chi connectivity index (χ2n) is 7.06. The van der Waals surface area contributed by atoms with Gasteiger partial charge in [0.25, 0.3) is 5.91 Å². The molecule has 5 heteroatoms. The van der Waals surface area contributed by atoms with Gasteiger partial charge in [0.2, 0.25) is 0 Å². The standard InChI is InChI=1S/C22H29N3O2/c1-23-12-14-24(15-13-23)16-17-25(18-19-8-4-3-5-9-19)22(26)20-10-6-7-11-21(20)27-2/h3-11H,12-18H2,1-2H3. The van der Waals surface area contributed by atoms with E-state index in [4.69, 9.17) is 4.74 Å². The molecule has 0 unspecified atom stereocenters. The first-order valence-electron chi connectivity index (χ1n) is 9.54. The Morgan fingerprint density at radius 1 is 1.00 bits per heavy atom. The van der Waals surface area contributed by atoms with Crippen molar-refractivity contribution in [3.05, 3.63) is 65.7 Å². The zero-order chi connectivity index (χ0) is 19.1. The Balaban J connectivity index is 1.73. The number of amides is 1. The van der Waals surface area contributed by atoms with E-state index in [0.717, 1.165) is 38.3 Å². The fourth-order valence-electron chi connectivity index (χ4n) is 3.38. The van der Waals surface area contributed by atoms with Crippen molar-refractivity contribution in [2.45, 2.75) is 6.54 Å². The molecule has 1 fully saturated rings. The van der Waals surface area contributed by atoms with E-state index in [1.807, 2.05) is 47.4 Å². The fourth-order valence-corrected chi connectivity index (χ4v) is 3.38. The maximum Gasteiger partial charge on any atom is 0.257 e. The number of rotatable bonds is 7. The van der Waals surface area contributed by atoms with Crippen LogP contribution in [0.3, 0.4) is 0 Å². The number of carbonyl (C=O) groups is 1. The van der Waals surface area contributed by atoms with Crippen LogP contribution >= 0.6 is 0 Å². The van der Waals surface area contributed by atoms with Crippen molar-refractivity contribution < 1.29 is 9.53 Å². The van der Waals surface area contributed by atoms with Gasteiger partial charge in [-0.25, -0.2) is 0 Å². The molecule has 1 aliphatic heterocycles. The summed E-state index contributed by atoms with van der Waals surface area (Å²) in [4.78, 5) is 20.0. The summed E-state index contributed by atoms with van der Waals surface area (Å²) in [5, 5.41) is 0. The van der Waals surface area contributed by atoms with Crippen LogP contribution in [0.1, 0.15) is 15.9 Å². The van der Waals surface area contributed by atoms with Crippen LogP contribution in [0.5, 0.6) is 5.75 Å². The number of carbonyl (C=O) groups excluding carboxylic acids is 1. The quantitative estimate of drug-likeness (QED) is 0.754. The summed E-state index contributed by atoms with van der Waals surface area (Å²) < 4.78 is 5.41. The van der Waals surface area contributed by atoms with Gasteiger partial charge in [0.1, 0.15) is 5.75 Å². The van der Waals surface area contributed by atoms with E-state index < -0.39 is 0 Å². The summed E-state index contributed by atoms with van der Waals surface area (Å²) in [6.45, 7) is 6.47. The lowest BCUT2D eigenvalue weighted by molar-refractivity contribution is 0.0697. The van der Waals surface area contributed by atoms with Crippen LogP contribution in [0.15, 0.2) is 54.6 Å². The molecule has 0 spiro atoms. The highest BCUT2D eigenvalue weighted by atomic mass is 16.5. The summed E-state index contributed by atoms with van der Waals surface area (Å²) in [7, 11) is 3.77. The van der Waals surface area contributed by atoms with E-state index in [2.05, 4.69) is 29.0 Å². The van der Waals surface area contributed by atoms with Crippen molar-refractivity contribution in [2.75, 3.05) is 53.4 Å². The summed E-state index contributed by atoms with van der Waals surface area (Å²) in [6.07, 6.45) is 0. The van der Waals surface area contributed by atoms with Gasteiger partial charge in [-0.05, 0) is 24.7 Å². The molecule has 1 aliphatic rings. The van der Waals surface area contributed by atoms with Crippen LogP contribution in [-0.2, 0) is 6.54 Å². The van der Waals surface area contributed by atoms with Gasteiger partial charge in [-0.15, -0.1) is 0 Å². The van der Waals surface area contributed by atoms with Crippen molar-refractivity contribution in [1.82, 2.24) is 14.7 Å². The third kappa shape index (κ3) is 5.31. The molecule has 0 atom stereocenters. The molecule has 0 aliphatic carbocycles. The summed E-state index contributed by atoms with van der Waals surface area (Å²) in [6, 6.07) is 17.6. The van der Waals surface area contributed by atoms with Crippen molar-refractivity contribution in [1.29, 1.82) is 0 Å². The molecule has 0 aromatic heterocycles. The van der Waals surface area contributed by atoms with Crippen LogP contribution in [0.2, 0.25) is 0 Å². The Hall–Kier alpha value is -2.37. The zero-order valence-corrected chi connectivity index (χ0v) is 16.3. The highest BCUT2D eigenvalue weighted by Crippen LogP contribution is 2.20. The normalized spacial score (nSPS) is 15.5. The molecule has 0 radical (unpaired) electrons. The van der Waals surface area contributed by atoms with Gasteiger partial charge in [0, 0.05) is 45.8 Å². The maximum absolute atomic E-state index is 13.3. The molecule has 27 heavy (non-hydrogen) atoms. The van der Waals surface area contributed by atoms with E-state index in [1.54, 1.807) is 7.11 Å².